The topological polar surface area (TPSA) is 35.6 Å². The van der Waals surface area contributed by atoms with Gasteiger partial charge >= 0.3 is 6.03 Å². The van der Waals surface area contributed by atoms with Gasteiger partial charge in [-0.15, -0.1) is 0 Å². The van der Waals surface area contributed by atoms with Crippen LogP contribution in [-0.4, -0.2) is 48.1 Å². The van der Waals surface area contributed by atoms with Gasteiger partial charge in [-0.3, -0.25) is 4.90 Å². The summed E-state index contributed by atoms with van der Waals surface area (Å²) in [6.07, 6.45) is 5.90. The van der Waals surface area contributed by atoms with Crippen molar-refractivity contribution in [2.24, 2.45) is 0 Å². The molecular formula is C24H28Cl3N3O. The van der Waals surface area contributed by atoms with Crippen molar-refractivity contribution in [1.29, 1.82) is 0 Å². The van der Waals surface area contributed by atoms with Gasteiger partial charge in [-0.25, -0.2) is 4.79 Å². The molecule has 7 heteroatoms. The lowest BCUT2D eigenvalue weighted by Crippen LogP contribution is -2.54. The van der Waals surface area contributed by atoms with Gasteiger partial charge < -0.3 is 10.2 Å². The molecule has 2 aliphatic rings. The van der Waals surface area contributed by atoms with Gasteiger partial charge in [-0.05, 0) is 48.2 Å². The maximum atomic E-state index is 12.8. The molecule has 2 fully saturated rings. The number of amides is 2. The largest absolute Gasteiger partial charge is 0.335 e. The Labute approximate surface area is 199 Å². The summed E-state index contributed by atoms with van der Waals surface area (Å²) in [5.74, 6) is 0. The Bertz CT molecular complexity index is 891. The molecular weight excluding hydrogens is 453 g/mol. The first-order valence-corrected chi connectivity index (χ1v) is 12.1. The van der Waals surface area contributed by atoms with Crippen LogP contribution in [0.1, 0.15) is 49.3 Å². The van der Waals surface area contributed by atoms with Crippen LogP contribution < -0.4 is 5.32 Å². The van der Waals surface area contributed by atoms with E-state index in [2.05, 4.69) is 10.2 Å². The molecule has 1 aliphatic heterocycles. The van der Waals surface area contributed by atoms with E-state index in [-0.39, 0.29) is 12.1 Å². The van der Waals surface area contributed by atoms with E-state index in [9.17, 15) is 4.79 Å². The second-order valence-electron chi connectivity index (χ2n) is 8.43. The van der Waals surface area contributed by atoms with E-state index in [1.165, 1.54) is 19.3 Å². The van der Waals surface area contributed by atoms with Crippen LogP contribution in [-0.2, 0) is 0 Å². The normalized spacial score (nSPS) is 19.3. The van der Waals surface area contributed by atoms with Crippen LogP contribution >= 0.6 is 34.8 Å². The second kappa shape index (κ2) is 10.4. The Balaban J connectivity index is 1.48. The third-order valence-electron chi connectivity index (χ3n) is 6.34. The summed E-state index contributed by atoms with van der Waals surface area (Å²) in [5, 5.41) is 5.20. The minimum Gasteiger partial charge on any atom is -0.335 e. The maximum absolute atomic E-state index is 12.8. The van der Waals surface area contributed by atoms with Crippen molar-refractivity contribution < 1.29 is 4.79 Å². The Kier molecular flexibility index (Phi) is 7.65. The highest BCUT2D eigenvalue weighted by atomic mass is 35.5. The Morgan fingerprint density at radius 2 is 1.52 bits per heavy atom. The van der Waals surface area contributed by atoms with Crippen molar-refractivity contribution in [2.75, 3.05) is 26.2 Å². The van der Waals surface area contributed by atoms with Gasteiger partial charge in [0.05, 0.1) is 6.04 Å². The highest BCUT2D eigenvalue weighted by molar-refractivity contribution is 6.35. The molecule has 0 spiro atoms. The highest BCUT2D eigenvalue weighted by Gasteiger charge is 2.30. The SMILES string of the molecule is O=C(NC1CCCCC1)N1CCN(C(c2ccc(Cl)cc2)c2ccc(Cl)cc2Cl)CC1. The zero-order chi connectivity index (χ0) is 21.8. The first-order chi connectivity index (χ1) is 15.0. The van der Waals surface area contributed by atoms with Crippen LogP contribution in [0.25, 0.3) is 0 Å². The number of halogens is 3. The number of hydrogen-bond donors (Lipinski definition) is 1. The fourth-order valence-corrected chi connectivity index (χ4v) is 5.29. The first-order valence-electron chi connectivity index (χ1n) is 11.0. The van der Waals surface area contributed by atoms with Gasteiger partial charge in [0, 0.05) is 47.3 Å². The summed E-state index contributed by atoms with van der Waals surface area (Å²) in [5.41, 5.74) is 2.13. The van der Waals surface area contributed by atoms with Gasteiger partial charge in [0.2, 0.25) is 0 Å². The van der Waals surface area contributed by atoms with E-state index in [1.54, 1.807) is 6.07 Å². The van der Waals surface area contributed by atoms with Gasteiger partial charge in [-0.1, -0.05) is 72.3 Å². The third-order valence-corrected chi connectivity index (χ3v) is 7.16. The number of urea groups is 1. The molecule has 1 unspecified atom stereocenters. The molecule has 1 saturated carbocycles. The standard InChI is InChI=1S/C24H28Cl3N3O/c25-18-8-6-17(7-9-18)23(21-11-10-19(26)16-22(21)27)29-12-14-30(15-13-29)24(31)28-20-4-2-1-3-5-20/h6-11,16,20,23H,1-5,12-15H2,(H,28,31). The predicted molar refractivity (Wildman–Crippen MR) is 128 cm³/mol. The van der Waals surface area contributed by atoms with E-state index in [1.807, 2.05) is 41.3 Å². The molecule has 4 rings (SSSR count). The van der Waals surface area contributed by atoms with E-state index in [4.69, 9.17) is 34.8 Å². The number of carbonyl (C=O) groups excluding carboxylic acids is 1. The van der Waals surface area contributed by atoms with Gasteiger partial charge in [0.1, 0.15) is 0 Å². The molecule has 2 aromatic rings. The second-order valence-corrected chi connectivity index (χ2v) is 9.71. The molecule has 4 nitrogen and oxygen atoms in total. The van der Waals surface area contributed by atoms with Crippen molar-refractivity contribution in [3.05, 3.63) is 68.7 Å². The van der Waals surface area contributed by atoms with Gasteiger partial charge in [-0.2, -0.15) is 0 Å². The van der Waals surface area contributed by atoms with Crippen LogP contribution in [0.15, 0.2) is 42.5 Å². The van der Waals surface area contributed by atoms with Crippen LogP contribution in [0.5, 0.6) is 0 Å². The molecule has 0 radical (unpaired) electrons. The average Bonchev–Trinajstić information content (AvgIpc) is 2.78. The quantitative estimate of drug-likeness (QED) is 0.550. The molecule has 2 aromatic carbocycles. The highest BCUT2D eigenvalue weighted by Crippen LogP contribution is 2.35. The molecule has 1 aliphatic carbocycles. The number of hydrogen-bond acceptors (Lipinski definition) is 2. The number of benzene rings is 2. The molecule has 1 heterocycles. The lowest BCUT2D eigenvalue weighted by molar-refractivity contribution is 0.118. The molecule has 1 saturated heterocycles. The number of rotatable bonds is 4. The number of nitrogens with zero attached hydrogens (tertiary/aromatic N) is 2. The molecule has 1 atom stereocenters. The zero-order valence-electron chi connectivity index (χ0n) is 17.5. The third kappa shape index (κ3) is 5.67. The zero-order valence-corrected chi connectivity index (χ0v) is 19.8. The Morgan fingerprint density at radius 3 is 2.16 bits per heavy atom. The monoisotopic (exact) mass is 479 g/mol. The van der Waals surface area contributed by atoms with Gasteiger partial charge in [0.25, 0.3) is 0 Å². The van der Waals surface area contributed by atoms with E-state index >= 15 is 0 Å². The van der Waals surface area contributed by atoms with Crippen LogP contribution in [0.3, 0.4) is 0 Å². The van der Waals surface area contributed by atoms with Crippen molar-refractivity contribution in [2.45, 2.75) is 44.2 Å². The summed E-state index contributed by atoms with van der Waals surface area (Å²) in [4.78, 5) is 17.1. The molecule has 166 valence electrons. The maximum Gasteiger partial charge on any atom is 0.317 e. The Morgan fingerprint density at radius 1 is 0.871 bits per heavy atom. The first kappa shape index (κ1) is 22.7. The molecule has 0 bridgehead atoms. The summed E-state index contributed by atoms with van der Waals surface area (Å²) in [7, 11) is 0. The summed E-state index contributed by atoms with van der Waals surface area (Å²) in [6.45, 7) is 2.91. The molecule has 2 amide bonds. The van der Waals surface area contributed by atoms with Crippen LogP contribution in [0.4, 0.5) is 4.79 Å². The van der Waals surface area contributed by atoms with Crippen molar-refractivity contribution >= 4 is 40.8 Å². The summed E-state index contributed by atoms with van der Waals surface area (Å²) in [6, 6.07) is 13.9. The smallest absolute Gasteiger partial charge is 0.317 e. The van der Waals surface area contributed by atoms with Crippen molar-refractivity contribution in [3.8, 4) is 0 Å². The molecule has 1 N–H and O–H groups in total. The van der Waals surface area contributed by atoms with Crippen molar-refractivity contribution in [1.82, 2.24) is 15.1 Å². The van der Waals surface area contributed by atoms with E-state index < -0.39 is 0 Å². The molecule has 31 heavy (non-hydrogen) atoms. The fourth-order valence-electron chi connectivity index (χ4n) is 4.65. The van der Waals surface area contributed by atoms with E-state index in [0.29, 0.717) is 34.2 Å². The lowest BCUT2D eigenvalue weighted by atomic mass is 9.95. The van der Waals surface area contributed by atoms with Crippen LogP contribution in [0.2, 0.25) is 15.1 Å². The lowest BCUT2D eigenvalue weighted by Gasteiger charge is -2.40. The summed E-state index contributed by atoms with van der Waals surface area (Å²) < 4.78 is 0. The molecule has 0 aromatic heterocycles. The minimum atomic E-state index is -0.0226. The minimum absolute atomic E-state index is 0.0226. The van der Waals surface area contributed by atoms with Crippen LogP contribution in [0, 0.1) is 0 Å². The Hall–Kier alpha value is -1.46. The number of piperazine rings is 1. The van der Waals surface area contributed by atoms with E-state index in [0.717, 1.165) is 37.1 Å². The number of carbonyl (C=O) groups is 1. The fraction of sp³-hybridized carbons (Fsp3) is 0.458. The van der Waals surface area contributed by atoms with Crippen molar-refractivity contribution in [3.63, 3.8) is 0 Å². The summed E-state index contributed by atoms with van der Waals surface area (Å²) >= 11 is 18.9. The average molecular weight is 481 g/mol. The predicted octanol–water partition coefficient (Wildman–Crippen LogP) is 6.40. The number of nitrogens with one attached hydrogen (secondary N) is 1. The van der Waals surface area contributed by atoms with Gasteiger partial charge in [0.15, 0.2) is 0 Å².